The molecule has 0 atom stereocenters. The largest absolute Gasteiger partial charge is 0.309 e. The van der Waals surface area contributed by atoms with Crippen LogP contribution in [0.4, 0.5) is 0 Å². The summed E-state index contributed by atoms with van der Waals surface area (Å²) in [6, 6.07) is 49.9. The summed E-state index contributed by atoms with van der Waals surface area (Å²) in [6.07, 6.45) is 9.41. The van der Waals surface area contributed by atoms with Gasteiger partial charge in [-0.15, -0.1) is 0 Å². The molecule has 0 saturated heterocycles. The van der Waals surface area contributed by atoms with Crippen molar-refractivity contribution in [2.24, 2.45) is 0 Å². The molecule has 0 saturated carbocycles. The monoisotopic (exact) mass is 640 g/mol. The predicted octanol–water partition coefficient (Wildman–Crippen LogP) is 11.3. The van der Waals surface area contributed by atoms with E-state index in [1.165, 1.54) is 60.9 Å². The van der Waals surface area contributed by atoms with E-state index in [0.29, 0.717) is 17.5 Å². The molecule has 50 heavy (non-hydrogen) atoms. The van der Waals surface area contributed by atoms with Gasteiger partial charge in [0.1, 0.15) is 0 Å². The zero-order chi connectivity index (χ0) is 33.0. The van der Waals surface area contributed by atoms with Gasteiger partial charge >= 0.3 is 0 Å². The van der Waals surface area contributed by atoms with E-state index in [4.69, 9.17) is 15.0 Å². The Hall–Kier alpha value is -6.39. The van der Waals surface area contributed by atoms with Crippen molar-refractivity contribution in [3.05, 3.63) is 175 Å². The van der Waals surface area contributed by atoms with Crippen LogP contribution in [-0.2, 0) is 6.42 Å². The highest BCUT2D eigenvalue weighted by atomic mass is 15.0. The van der Waals surface area contributed by atoms with Crippen molar-refractivity contribution in [2.45, 2.75) is 19.3 Å². The summed E-state index contributed by atoms with van der Waals surface area (Å²) < 4.78 is 2.49. The topological polar surface area (TPSA) is 43.6 Å². The Balaban J connectivity index is 1.20. The molecule has 8 aromatic rings. The van der Waals surface area contributed by atoms with Gasteiger partial charge in [0.05, 0.1) is 11.0 Å². The molecule has 2 aliphatic rings. The van der Waals surface area contributed by atoms with Gasteiger partial charge in [0.2, 0.25) is 0 Å². The van der Waals surface area contributed by atoms with Crippen LogP contribution in [0.1, 0.15) is 29.8 Å². The summed E-state index contributed by atoms with van der Waals surface area (Å²) in [5.74, 6) is 2.09. The van der Waals surface area contributed by atoms with Gasteiger partial charge in [-0.1, -0.05) is 133 Å². The van der Waals surface area contributed by atoms with E-state index < -0.39 is 0 Å². The maximum Gasteiger partial charge on any atom is 0.164 e. The molecule has 1 aliphatic heterocycles. The number of allylic oxidation sites excluding steroid dienone is 4. The lowest BCUT2D eigenvalue weighted by molar-refractivity contribution is 1.00. The minimum Gasteiger partial charge on any atom is -0.309 e. The molecule has 4 nitrogen and oxygen atoms in total. The molecule has 10 rings (SSSR count). The van der Waals surface area contributed by atoms with Crippen molar-refractivity contribution >= 4 is 27.4 Å². The Labute approximate surface area is 290 Å². The van der Waals surface area contributed by atoms with E-state index in [9.17, 15) is 0 Å². The number of nitrogens with zero attached hydrogens (tertiary/aromatic N) is 4. The third kappa shape index (κ3) is 4.72. The van der Waals surface area contributed by atoms with Crippen LogP contribution in [0.5, 0.6) is 0 Å². The third-order valence-corrected chi connectivity index (χ3v) is 10.1. The predicted molar refractivity (Wildman–Crippen MR) is 205 cm³/mol. The average molecular weight is 641 g/mol. The lowest BCUT2D eigenvalue weighted by atomic mass is 9.89. The van der Waals surface area contributed by atoms with Crippen molar-refractivity contribution in [2.75, 3.05) is 0 Å². The van der Waals surface area contributed by atoms with E-state index in [1.54, 1.807) is 0 Å². The maximum atomic E-state index is 5.09. The second kappa shape index (κ2) is 11.6. The van der Waals surface area contributed by atoms with Crippen LogP contribution in [-0.4, -0.2) is 19.5 Å². The molecular weight excluding hydrogens is 609 g/mol. The summed E-state index contributed by atoms with van der Waals surface area (Å²) >= 11 is 0. The van der Waals surface area contributed by atoms with Crippen LogP contribution < -0.4 is 0 Å². The van der Waals surface area contributed by atoms with E-state index >= 15 is 0 Å². The first-order chi connectivity index (χ1) is 24.8. The molecule has 0 unspecified atom stereocenters. The highest BCUT2D eigenvalue weighted by molar-refractivity contribution is 6.13. The van der Waals surface area contributed by atoms with E-state index in [0.717, 1.165) is 36.0 Å². The fourth-order valence-electron chi connectivity index (χ4n) is 7.71. The van der Waals surface area contributed by atoms with Crippen molar-refractivity contribution in [1.29, 1.82) is 0 Å². The lowest BCUT2D eigenvalue weighted by Crippen LogP contribution is -2.10. The molecular formula is C46H32N4. The average Bonchev–Trinajstić information content (AvgIpc) is 3.53. The smallest absolute Gasteiger partial charge is 0.164 e. The number of rotatable bonds is 5. The van der Waals surface area contributed by atoms with Gasteiger partial charge in [0.25, 0.3) is 0 Å². The molecule has 6 aromatic carbocycles. The first kappa shape index (κ1) is 28.6. The van der Waals surface area contributed by atoms with Gasteiger partial charge in [0, 0.05) is 39.6 Å². The summed E-state index contributed by atoms with van der Waals surface area (Å²) in [6.45, 7) is 0. The first-order valence-electron chi connectivity index (χ1n) is 17.3. The molecule has 2 aromatic heterocycles. The number of hydrogen-bond donors (Lipinski definition) is 0. The molecule has 0 bridgehead atoms. The minimum absolute atomic E-state index is 0.687. The Morgan fingerprint density at radius 1 is 0.500 bits per heavy atom. The Morgan fingerprint density at radius 3 is 1.90 bits per heavy atom. The second-order valence-corrected chi connectivity index (χ2v) is 13.1. The number of benzene rings is 6. The zero-order valence-electron chi connectivity index (χ0n) is 27.4. The fraction of sp³-hybridized carbons (Fsp3) is 0.0652. The van der Waals surface area contributed by atoms with Crippen molar-refractivity contribution < 1.29 is 0 Å². The van der Waals surface area contributed by atoms with Gasteiger partial charge in [0.15, 0.2) is 17.5 Å². The highest BCUT2D eigenvalue weighted by Crippen LogP contribution is 2.44. The summed E-state index contributed by atoms with van der Waals surface area (Å²) in [4.78, 5) is 15.1. The summed E-state index contributed by atoms with van der Waals surface area (Å²) in [5, 5.41) is 2.55. The van der Waals surface area contributed by atoms with E-state index in [1.807, 2.05) is 18.2 Å². The van der Waals surface area contributed by atoms with Gasteiger partial charge in [-0.05, 0) is 70.5 Å². The maximum absolute atomic E-state index is 5.09. The van der Waals surface area contributed by atoms with Gasteiger partial charge in [-0.2, -0.15) is 0 Å². The standard InChI is InChI=1S/C46H32N4/c1-5-13-30(14-6-1)34-21-23-38-39-25-24-37(31-15-7-2-8-16-31)40-28-36-27-35(22-26-41(36)50(43(39)40)42(38)29-34)46-48-44(32-17-9-3-10-18-32)47-45(49-46)33-19-11-4-12-20-33/h1-3,5-11,13-27,29H,4,12,28H2. The van der Waals surface area contributed by atoms with Crippen molar-refractivity contribution in [1.82, 2.24) is 19.5 Å². The SMILES string of the molecule is C1=CC(c2nc(-c3ccccc3)nc(-c3ccc4c(c3)Cc3c(-c5ccccc5)ccc5c6ccc(-c7ccccc7)cc6n-4c35)n2)=CCC1. The van der Waals surface area contributed by atoms with E-state index in [2.05, 4.69) is 144 Å². The Kier molecular flexibility index (Phi) is 6.66. The van der Waals surface area contributed by atoms with Crippen LogP contribution in [0.2, 0.25) is 0 Å². The first-order valence-corrected chi connectivity index (χ1v) is 17.3. The number of fused-ring (bicyclic) bond motifs is 5. The molecule has 1 aliphatic carbocycles. The Bertz CT molecular complexity index is 2650. The fourth-order valence-corrected chi connectivity index (χ4v) is 7.71. The normalized spacial score (nSPS) is 13.4. The van der Waals surface area contributed by atoms with Crippen LogP contribution in [0.15, 0.2) is 158 Å². The molecule has 236 valence electrons. The highest BCUT2D eigenvalue weighted by Gasteiger charge is 2.26. The quantitative estimate of drug-likeness (QED) is 0.188. The molecule has 0 amide bonds. The molecule has 0 radical (unpaired) electrons. The zero-order valence-corrected chi connectivity index (χ0v) is 27.4. The van der Waals surface area contributed by atoms with Crippen LogP contribution in [0.3, 0.4) is 0 Å². The summed E-state index contributed by atoms with van der Waals surface area (Å²) in [5.41, 5.74) is 14.2. The second-order valence-electron chi connectivity index (χ2n) is 13.1. The number of hydrogen-bond acceptors (Lipinski definition) is 3. The Morgan fingerprint density at radius 2 is 1.16 bits per heavy atom. The third-order valence-electron chi connectivity index (χ3n) is 10.1. The van der Waals surface area contributed by atoms with Crippen LogP contribution in [0, 0.1) is 0 Å². The molecule has 0 fully saturated rings. The molecule has 3 heterocycles. The molecule has 0 spiro atoms. The lowest BCUT2D eigenvalue weighted by Gasteiger charge is -2.24. The summed E-state index contributed by atoms with van der Waals surface area (Å²) in [7, 11) is 0. The van der Waals surface area contributed by atoms with Gasteiger partial charge in [-0.3, -0.25) is 0 Å². The van der Waals surface area contributed by atoms with Crippen LogP contribution in [0.25, 0.3) is 78.1 Å². The molecule has 0 N–H and O–H groups in total. The van der Waals surface area contributed by atoms with Gasteiger partial charge in [-0.25, -0.2) is 15.0 Å². The van der Waals surface area contributed by atoms with Gasteiger partial charge < -0.3 is 4.57 Å². The molecule has 4 heteroatoms. The van der Waals surface area contributed by atoms with Crippen molar-refractivity contribution in [3.63, 3.8) is 0 Å². The van der Waals surface area contributed by atoms with Crippen LogP contribution >= 0.6 is 0 Å². The van der Waals surface area contributed by atoms with E-state index in [-0.39, 0.29) is 0 Å². The van der Waals surface area contributed by atoms with Crippen molar-refractivity contribution in [3.8, 4) is 50.7 Å². The number of aromatic nitrogens is 4. The minimum atomic E-state index is 0.687.